The van der Waals surface area contributed by atoms with Crippen molar-refractivity contribution >= 4 is 17.3 Å². The molecule has 142 valence electrons. The van der Waals surface area contributed by atoms with Gasteiger partial charge < -0.3 is 26.0 Å². The van der Waals surface area contributed by atoms with Crippen molar-refractivity contribution in [2.45, 2.75) is 33.2 Å². The summed E-state index contributed by atoms with van der Waals surface area (Å²) in [5.74, 6) is -1.41. The highest BCUT2D eigenvalue weighted by molar-refractivity contribution is 5.94. The van der Waals surface area contributed by atoms with Crippen molar-refractivity contribution < 1.29 is 13.9 Å². The van der Waals surface area contributed by atoms with E-state index in [9.17, 15) is 9.18 Å². The summed E-state index contributed by atoms with van der Waals surface area (Å²) in [6.45, 7) is 4.98. The van der Waals surface area contributed by atoms with Crippen molar-refractivity contribution in [2.75, 3.05) is 31.0 Å². The summed E-state index contributed by atoms with van der Waals surface area (Å²) in [5.41, 5.74) is 10.1. The number of halogens is 1. The lowest BCUT2D eigenvalue weighted by molar-refractivity contribution is -0.117. The number of amides is 1. The molecule has 0 saturated heterocycles. The van der Waals surface area contributed by atoms with Crippen LogP contribution in [0.2, 0.25) is 0 Å². The van der Waals surface area contributed by atoms with Crippen LogP contribution < -0.4 is 21.3 Å². The molecule has 0 saturated carbocycles. The van der Waals surface area contributed by atoms with E-state index in [1.165, 1.54) is 12.7 Å². The Balaban J connectivity index is 2.22. The zero-order chi connectivity index (χ0) is 19.3. The number of anilines is 2. The first-order chi connectivity index (χ1) is 12.4. The number of allylic oxidation sites excluding steroid dienone is 2. The van der Waals surface area contributed by atoms with Crippen molar-refractivity contribution in [3.05, 3.63) is 46.6 Å². The number of methoxy groups -OCH3 is 1. The third-order valence-corrected chi connectivity index (χ3v) is 4.50. The van der Waals surface area contributed by atoms with Crippen LogP contribution in [0.5, 0.6) is 0 Å². The molecule has 1 heterocycles. The predicted octanol–water partition coefficient (Wildman–Crippen LogP) is 2.76. The number of fused-ring (bicyclic) bond motifs is 1. The van der Waals surface area contributed by atoms with E-state index in [-0.39, 0.29) is 11.8 Å². The van der Waals surface area contributed by atoms with Gasteiger partial charge in [0.25, 0.3) is 0 Å². The van der Waals surface area contributed by atoms with Crippen molar-refractivity contribution in [2.24, 2.45) is 5.73 Å². The van der Waals surface area contributed by atoms with Gasteiger partial charge in [0.15, 0.2) is 5.83 Å². The number of hydrogen-bond acceptors (Lipinski definition) is 5. The first kappa shape index (κ1) is 19.6. The SMILES string of the molecule is CC/C(=C\C(F)=C(/N)OC)C(=O)NCc1c(CC)ccc2c1N(C)CN2. The number of hydrogen-bond donors (Lipinski definition) is 3. The molecule has 6 nitrogen and oxygen atoms in total. The minimum Gasteiger partial charge on any atom is -0.481 e. The van der Waals surface area contributed by atoms with Crippen molar-refractivity contribution in [3.63, 3.8) is 0 Å². The molecule has 2 rings (SSSR count). The van der Waals surface area contributed by atoms with Gasteiger partial charge in [-0.3, -0.25) is 4.79 Å². The van der Waals surface area contributed by atoms with Crippen LogP contribution in [0.15, 0.2) is 35.5 Å². The van der Waals surface area contributed by atoms with Crippen LogP contribution in [-0.4, -0.2) is 26.7 Å². The van der Waals surface area contributed by atoms with E-state index in [1.54, 1.807) is 6.92 Å². The highest BCUT2D eigenvalue weighted by Gasteiger charge is 2.21. The molecule has 0 fully saturated rings. The molecule has 1 aromatic carbocycles. The Kier molecular flexibility index (Phi) is 6.49. The van der Waals surface area contributed by atoms with Gasteiger partial charge in [-0.15, -0.1) is 0 Å². The van der Waals surface area contributed by atoms with Gasteiger partial charge in [0.1, 0.15) is 0 Å². The number of nitrogens with one attached hydrogen (secondary N) is 2. The van der Waals surface area contributed by atoms with Crippen LogP contribution in [0.4, 0.5) is 15.8 Å². The van der Waals surface area contributed by atoms with Gasteiger partial charge in [-0.05, 0) is 36.1 Å². The van der Waals surface area contributed by atoms with Gasteiger partial charge in [0, 0.05) is 19.2 Å². The minimum atomic E-state index is -0.752. The Bertz CT molecular complexity index is 743. The summed E-state index contributed by atoms with van der Waals surface area (Å²) in [4.78, 5) is 14.6. The fraction of sp³-hybridized carbons (Fsp3) is 0.421. The number of nitrogens with two attached hydrogens (primary N) is 1. The summed E-state index contributed by atoms with van der Waals surface area (Å²) in [6.07, 6.45) is 2.37. The zero-order valence-electron chi connectivity index (χ0n) is 15.8. The number of carbonyl (C=O) groups is 1. The maximum Gasteiger partial charge on any atom is 0.247 e. The molecule has 1 aliphatic rings. The summed E-state index contributed by atoms with van der Waals surface area (Å²) in [5, 5.41) is 6.23. The molecule has 1 aliphatic heterocycles. The first-order valence-electron chi connectivity index (χ1n) is 8.70. The van der Waals surface area contributed by atoms with Crippen molar-refractivity contribution in [1.82, 2.24) is 5.32 Å². The average Bonchev–Trinajstić information content (AvgIpc) is 3.03. The number of rotatable bonds is 7. The monoisotopic (exact) mass is 362 g/mol. The van der Waals surface area contributed by atoms with E-state index in [0.29, 0.717) is 18.5 Å². The van der Waals surface area contributed by atoms with Crippen molar-refractivity contribution in [3.8, 4) is 0 Å². The van der Waals surface area contributed by atoms with E-state index in [4.69, 9.17) is 5.73 Å². The Morgan fingerprint density at radius 1 is 1.46 bits per heavy atom. The van der Waals surface area contributed by atoms with E-state index in [2.05, 4.69) is 39.3 Å². The summed E-state index contributed by atoms with van der Waals surface area (Å²) in [6, 6.07) is 4.14. The first-order valence-corrected chi connectivity index (χ1v) is 8.70. The van der Waals surface area contributed by atoms with Gasteiger partial charge in [-0.1, -0.05) is 19.9 Å². The van der Waals surface area contributed by atoms with Crippen LogP contribution in [-0.2, 0) is 22.5 Å². The molecule has 26 heavy (non-hydrogen) atoms. The van der Waals surface area contributed by atoms with Crippen LogP contribution >= 0.6 is 0 Å². The molecule has 0 radical (unpaired) electrons. The number of aryl methyl sites for hydroxylation is 1. The van der Waals surface area contributed by atoms with Gasteiger partial charge in [-0.25, -0.2) is 4.39 Å². The summed E-state index contributed by atoms with van der Waals surface area (Å²) < 4.78 is 18.5. The Morgan fingerprint density at radius 2 is 2.19 bits per heavy atom. The number of benzene rings is 1. The molecule has 0 aliphatic carbocycles. The predicted molar refractivity (Wildman–Crippen MR) is 102 cm³/mol. The third-order valence-electron chi connectivity index (χ3n) is 4.50. The van der Waals surface area contributed by atoms with E-state index >= 15 is 0 Å². The maximum absolute atomic E-state index is 13.9. The van der Waals surface area contributed by atoms with Crippen LogP contribution in [0.25, 0.3) is 0 Å². The fourth-order valence-electron chi connectivity index (χ4n) is 3.00. The zero-order valence-corrected chi connectivity index (χ0v) is 15.8. The largest absolute Gasteiger partial charge is 0.481 e. The Hall–Kier alpha value is -2.70. The van der Waals surface area contributed by atoms with Crippen LogP contribution in [0.3, 0.4) is 0 Å². The lowest BCUT2D eigenvalue weighted by Gasteiger charge is -2.19. The number of ether oxygens (including phenoxy) is 1. The molecule has 1 amide bonds. The lowest BCUT2D eigenvalue weighted by atomic mass is 10.0. The van der Waals surface area contributed by atoms with Crippen LogP contribution in [0, 0.1) is 0 Å². The molecule has 7 heteroatoms. The fourth-order valence-corrected chi connectivity index (χ4v) is 3.00. The maximum atomic E-state index is 13.9. The normalized spacial score (nSPS) is 14.5. The second-order valence-electron chi connectivity index (χ2n) is 6.11. The summed E-state index contributed by atoms with van der Waals surface area (Å²) in [7, 11) is 3.29. The van der Waals surface area contributed by atoms with E-state index < -0.39 is 5.83 Å². The van der Waals surface area contributed by atoms with Gasteiger partial charge in [0.2, 0.25) is 11.8 Å². The molecular weight excluding hydrogens is 335 g/mol. The smallest absolute Gasteiger partial charge is 0.247 e. The molecule has 4 N–H and O–H groups in total. The van der Waals surface area contributed by atoms with Crippen LogP contribution in [0.1, 0.15) is 31.4 Å². The molecule has 0 aromatic heterocycles. The topological polar surface area (TPSA) is 79.6 Å². The third kappa shape index (κ3) is 4.09. The second kappa shape index (κ2) is 8.60. The highest BCUT2D eigenvalue weighted by Crippen LogP contribution is 2.36. The van der Waals surface area contributed by atoms with E-state index in [1.807, 2.05) is 7.05 Å². The Labute approximate surface area is 153 Å². The minimum absolute atomic E-state index is 0.305. The number of nitrogens with zero attached hydrogens (tertiary/aromatic N) is 1. The molecule has 0 unspecified atom stereocenters. The quantitative estimate of drug-likeness (QED) is 0.395. The standard InChI is InChI=1S/C19H27FN4O2/c1-5-12-7-8-16-17(24(3)11-23-16)14(12)10-22-19(25)13(6-2)9-15(20)18(21)26-4/h7-9,23H,5-6,10-11,21H2,1-4H3,(H,22,25)/b13-9+,18-15-. The molecule has 0 atom stereocenters. The number of carbonyl (C=O) groups excluding carboxylic acids is 1. The molecule has 0 spiro atoms. The van der Waals surface area contributed by atoms with E-state index in [0.717, 1.165) is 36.1 Å². The van der Waals surface area contributed by atoms with Gasteiger partial charge in [-0.2, -0.15) is 0 Å². The molecular formula is C19H27FN4O2. The average molecular weight is 362 g/mol. The Morgan fingerprint density at radius 3 is 2.81 bits per heavy atom. The second-order valence-corrected chi connectivity index (χ2v) is 6.11. The lowest BCUT2D eigenvalue weighted by Crippen LogP contribution is -2.26. The molecule has 1 aromatic rings. The summed E-state index contributed by atoms with van der Waals surface area (Å²) >= 11 is 0. The highest BCUT2D eigenvalue weighted by atomic mass is 19.1. The van der Waals surface area contributed by atoms with Gasteiger partial charge >= 0.3 is 0 Å². The van der Waals surface area contributed by atoms with Gasteiger partial charge in [0.05, 0.1) is 25.2 Å². The molecule has 0 bridgehead atoms. The van der Waals surface area contributed by atoms with Crippen molar-refractivity contribution in [1.29, 1.82) is 0 Å².